The van der Waals surface area contributed by atoms with Crippen LogP contribution in [0.2, 0.25) is 0 Å². The normalized spacial score (nSPS) is 11.0. The zero-order valence-electron chi connectivity index (χ0n) is 16.1. The summed E-state index contributed by atoms with van der Waals surface area (Å²) in [6.07, 6.45) is 3.46. The molecule has 1 N–H and O–H groups in total. The fourth-order valence-corrected chi connectivity index (χ4v) is 3.24. The summed E-state index contributed by atoms with van der Waals surface area (Å²) in [5.41, 5.74) is 5.86. The minimum absolute atomic E-state index is 0.147. The summed E-state index contributed by atoms with van der Waals surface area (Å²) in [6, 6.07) is 13.7. The van der Waals surface area contributed by atoms with E-state index < -0.39 is 0 Å². The van der Waals surface area contributed by atoms with Gasteiger partial charge in [-0.2, -0.15) is 5.10 Å². The molecule has 0 bridgehead atoms. The summed E-state index contributed by atoms with van der Waals surface area (Å²) in [5, 5.41) is 8.40. The zero-order chi connectivity index (χ0) is 19.7. The monoisotopic (exact) mass is 371 g/mol. The number of carbonyl (C=O) groups is 1. The highest BCUT2D eigenvalue weighted by atomic mass is 16.1. The van der Waals surface area contributed by atoms with Gasteiger partial charge >= 0.3 is 0 Å². The second kappa shape index (κ2) is 7.23. The van der Waals surface area contributed by atoms with E-state index >= 15 is 0 Å². The summed E-state index contributed by atoms with van der Waals surface area (Å²) in [5.74, 6) is -0.147. The standard InChI is InChI=1S/C22H21N5O/c1-14-6-8-18(9-7-14)27-21-20(16(3)26-27)19(11-15(2)25-21)22(28)24-13-17-5-4-10-23-12-17/h4-12H,13H2,1-3H3,(H,24,28). The molecule has 4 rings (SSSR count). The number of rotatable bonds is 4. The Morgan fingerprint density at radius 1 is 1.11 bits per heavy atom. The third-order valence-electron chi connectivity index (χ3n) is 4.64. The molecule has 4 aromatic rings. The van der Waals surface area contributed by atoms with E-state index in [4.69, 9.17) is 0 Å². The summed E-state index contributed by atoms with van der Waals surface area (Å²) in [6.45, 7) is 6.26. The molecule has 6 heteroatoms. The molecule has 1 amide bonds. The zero-order valence-corrected chi connectivity index (χ0v) is 16.1. The largest absolute Gasteiger partial charge is 0.348 e. The minimum Gasteiger partial charge on any atom is -0.348 e. The average molecular weight is 371 g/mol. The van der Waals surface area contributed by atoms with E-state index in [2.05, 4.69) is 20.4 Å². The second-order valence-electron chi connectivity index (χ2n) is 6.89. The van der Waals surface area contributed by atoms with Crippen LogP contribution in [0.4, 0.5) is 0 Å². The van der Waals surface area contributed by atoms with Crippen molar-refractivity contribution in [3.8, 4) is 5.69 Å². The van der Waals surface area contributed by atoms with Gasteiger partial charge in [-0.1, -0.05) is 23.8 Å². The Labute approximate surface area is 163 Å². The molecule has 6 nitrogen and oxygen atoms in total. The lowest BCUT2D eigenvalue weighted by Crippen LogP contribution is -2.23. The minimum atomic E-state index is -0.147. The molecule has 0 fully saturated rings. The van der Waals surface area contributed by atoms with Crippen LogP contribution in [0.15, 0.2) is 54.9 Å². The third-order valence-corrected chi connectivity index (χ3v) is 4.64. The van der Waals surface area contributed by atoms with Gasteiger partial charge in [-0.05, 0) is 50.6 Å². The molecule has 28 heavy (non-hydrogen) atoms. The molecule has 1 aromatic carbocycles. The van der Waals surface area contributed by atoms with Crippen LogP contribution in [-0.2, 0) is 6.54 Å². The van der Waals surface area contributed by atoms with Gasteiger partial charge in [-0.25, -0.2) is 9.67 Å². The fourth-order valence-electron chi connectivity index (χ4n) is 3.24. The van der Waals surface area contributed by atoms with E-state index in [1.54, 1.807) is 17.1 Å². The molecule has 0 aliphatic heterocycles. The molecule has 0 radical (unpaired) electrons. The average Bonchev–Trinajstić information content (AvgIpc) is 3.03. The molecular weight excluding hydrogens is 350 g/mol. The highest BCUT2D eigenvalue weighted by Crippen LogP contribution is 2.25. The first kappa shape index (κ1) is 17.9. The first-order valence-corrected chi connectivity index (χ1v) is 9.14. The Bertz CT molecular complexity index is 1150. The van der Waals surface area contributed by atoms with Crippen LogP contribution < -0.4 is 5.32 Å². The van der Waals surface area contributed by atoms with Gasteiger partial charge in [0.05, 0.1) is 22.3 Å². The molecule has 0 spiro atoms. The van der Waals surface area contributed by atoms with E-state index in [1.165, 1.54) is 5.56 Å². The predicted octanol–water partition coefficient (Wildman–Crippen LogP) is 3.67. The second-order valence-corrected chi connectivity index (χ2v) is 6.89. The first-order chi connectivity index (χ1) is 13.5. The quantitative estimate of drug-likeness (QED) is 0.594. The lowest BCUT2D eigenvalue weighted by atomic mass is 10.1. The maximum Gasteiger partial charge on any atom is 0.252 e. The number of hydrogen-bond donors (Lipinski definition) is 1. The summed E-state index contributed by atoms with van der Waals surface area (Å²) < 4.78 is 1.80. The van der Waals surface area contributed by atoms with Crippen LogP contribution in [0.1, 0.15) is 32.9 Å². The first-order valence-electron chi connectivity index (χ1n) is 9.14. The highest BCUT2D eigenvalue weighted by molar-refractivity contribution is 6.06. The van der Waals surface area contributed by atoms with Crippen molar-refractivity contribution >= 4 is 16.9 Å². The van der Waals surface area contributed by atoms with Gasteiger partial charge in [0.2, 0.25) is 0 Å². The van der Waals surface area contributed by atoms with Crippen molar-refractivity contribution in [2.75, 3.05) is 0 Å². The topological polar surface area (TPSA) is 72.7 Å². The van der Waals surface area contributed by atoms with Gasteiger partial charge in [0.25, 0.3) is 5.91 Å². The predicted molar refractivity (Wildman–Crippen MR) is 108 cm³/mol. The van der Waals surface area contributed by atoms with Crippen molar-refractivity contribution in [3.63, 3.8) is 0 Å². The fraction of sp³-hybridized carbons (Fsp3) is 0.182. The molecule has 0 saturated carbocycles. The number of pyridine rings is 2. The number of carbonyl (C=O) groups excluding carboxylic acids is 1. The van der Waals surface area contributed by atoms with E-state index in [0.29, 0.717) is 17.8 Å². The number of amides is 1. The Balaban J connectivity index is 1.75. The van der Waals surface area contributed by atoms with E-state index in [-0.39, 0.29) is 5.91 Å². The van der Waals surface area contributed by atoms with Crippen LogP contribution in [0.3, 0.4) is 0 Å². The molecule has 0 unspecified atom stereocenters. The number of nitrogens with zero attached hydrogens (tertiary/aromatic N) is 4. The lowest BCUT2D eigenvalue weighted by molar-refractivity contribution is 0.0952. The van der Waals surface area contributed by atoms with Gasteiger partial charge in [0.15, 0.2) is 5.65 Å². The molecule has 0 atom stereocenters. The number of aromatic nitrogens is 4. The SMILES string of the molecule is Cc1ccc(-n2nc(C)c3c(C(=O)NCc4cccnc4)cc(C)nc32)cc1. The number of aryl methyl sites for hydroxylation is 3. The Kier molecular flexibility index (Phi) is 4.61. The van der Waals surface area contributed by atoms with Gasteiger partial charge in [0.1, 0.15) is 0 Å². The maximum atomic E-state index is 12.9. The van der Waals surface area contributed by atoms with E-state index in [0.717, 1.165) is 28.0 Å². The lowest BCUT2D eigenvalue weighted by Gasteiger charge is -2.08. The number of benzene rings is 1. The number of fused-ring (bicyclic) bond motifs is 1. The van der Waals surface area contributed by atoms with Crippen molar-refractivity contribution in [2.24, 2.45) is 0 Å². The summed E-state index contributed by atoms with van der Waals surface area (Å²) in [7, 11) is 0. The van der Waals surface area contributed by atoms with Gasteiger partial charge in [0, 0.05) is 24.6 Å². The van der Waals surface area contributed by atoms with Crippen molar-refractivity contribution in [2.45, 2.75) is 27.3 Å². The van der Waals surface area contributed by atoms with Crippen LogP contribution in [0, 0.1) is 20.8 Å². The van der Waals surface area contributed by atoms with Gasteiger partial charge in [-0.15, -0.1) is 0 Å². The van der Waals surface area contributed by atoms with E-state index in [1.807, 2.05) is 63.2 Å². The van der Waals surface area contributed by atoms with Gasteiger partial charge in [-0.3, -0.25) is 9.78 Å². The number of hydrogen-bond acceptors (Lipinski definition) is 4. The van der Waals surface area contributed by atoms with Gasteiger partial charge < -0.3 is 5.32 Å². The smallest absolute Gasteiger partial charge is 0.252 e. The van der Waals surface area contributed by atoms with Crippen molar-refractivity contribution in [1.82, 2.24) is 25.1 Å². The van der Waals surface area contributed by atoms with Crippen LogP contribution >= 0.6 is 0 Å². The maximum absolute atomic E-state index is 12.9. The molecule has 3 aromatic heterocycles. The molecule has 0 aliphatic rings. The van der Waals surface area contributed by atoms with Crippen molar-refractivity contribution < 1.29 is 4.79 Å². The molecule has 0 aliphatic carbocycles. The molecule has 0 saturated heterocycles. The van der Waals surface area contributed by atoms with Crippen LogP contribution in [0.25, 0.3) is 16.7 Å². The van der Waals surface area contributed by atoms with Crippen molar-refractivity contribution in [3.05, 3.63) is 82.9 Å². The highest BCUT2D eigenvalue weighted by Gasteiger charge is 2.19. The molecular formula is C22H21N5O. The van der Waals surface area contributed by atoms with E-state index in [9.17, 15) is 4.79 Å². The summed E-state index contributed by atoms with van der Waals surface area (Å²) >= 11 is 0. The van der Waals surface area contributed by atoms with Crippen molar-refractivity contribution in [1.29, 1.82) is 0 Å². The Morgan fingerprint density at radius 2 is 1.89 bits per heavy atom. The number of nitrogens with one attached hydrogen (secondary N) is 1. The summed E-state index contributed by atoms with van der Waals surface area (Å²) in [4.78, 5) is 21.7. The Morgan fingerprint density at radius 3 is 2.61 bits per heavy atom. The molecule has 3 heterocycles. The molecule has 140 valence electrons. The Hall–Kier alpha value is -3.54. The third kappa shape index (κ3) is 3.36. The van der Waals surface area contributed by atoms with Crippen LogP contribution in [0.5, 0.6) is 0 Å². The van der Waals surface area contributed by atoms with Crippen LogP contribution in [-0.4, -0.2) is 25.7 Å².